The Bertz CT molecular complexity index is 3550. The predicted molar refractivity (Wildman–Crippen MR) is 262 cm³/mol. The van der Waals surface area contributed by atoms with Crippen molar-refractivity contribution in [2.24, 2.45) is 0 Å². The van der Waals surface area contributed by atoms with Gasteiger partial charge in [0.1, 0.15) is 5.82 Å². The largest absolute Gasteiger partial charge is 0.313 e. The first-order valence-corrected chi connectivity index (χ1v) is 22.5. The Hall–Kier alpha value is -7.23. The lowest BCUT2D eigenvalue weighted by molar-refractivity contribution is 0.640. The van der Waals surface area contributed by atoms with Crippen molar-refractivity contribution >= 4 is 72.2 Å². The van der Waals surface area contributed by atoms with Crippen LogP contribution in [0.3, 0.4) is 0 Å². The summed E-state index contributed by atoms with van der Waals surface area (Å²) >= 11 is 0. The molecule has 7 aromatic carbocycles. The summed E-state index contributed by atoms with van der Waals surface area (Å²) in [6.07, 6.45) is 19.7. The molecule has 3 aliphatic carbocycles. The Morgan fingerprint density at radius 2 is 1.08 bits per heavy atom. The van der Waals surface area contributed by atoms with E-state index in [1.165, 1.54) is 99.9 Å². The van der Waals surface area contributed by atoms with Crippen molar-refractivity contribution in [1.29, 1.82) is 0 Å². The molecular weight excluding hydrogens is 751 g/mol. The third-order valence-electron chi connectivity index (χ3n) is 14.1. The number of aromatic nitrogens is 3. The molecular formula is C59H45N3. The summed E-state index contributed by atoms with van der Waals surface area (Å²) in [7, 11) is 0. The van der Waals surface area contributed by atoms with Crippen molar-refractivity contribution in [3.63, 3.8) is 0 Å². The van der Waals surface area contributed by atoms with Gasteiger partial charge in [0.05, 0.1) is 27.8 Å². The summed E-state index contributed by atoms with van der Waals surface area (Å²) in [6.45, 7) is 0. The third kappa shape index (κ3) is 5.54. The summed E-state index contributed by atoms with van der Waals surface area (Å²) in [6, 6.07) is 56.4. The molecule has 1 atom stereocenters. The monoisotopic (exact) mass is 795 g/mol. The van der Waals surface area contributed by atoms with Gasteiger partial charge < -0.3 is 4.57 Å². The highest BCUT2D eigenvalue weighted by Gasteiger charge is 2.25. The lowest BCUT2D eigenvalue weighted by Crippen LogP contribution is -2.10. The minimum absolute atomic E-state index is 0.319. The van der Waals surface area contributed by atoms with Gasteiger partial charge in [0.25, 0.3) is 0 Å². The fraction of sp³-hybridized carbons (Fsp3) is 0.136. The van der Waals surface area contributed by atoms with Gasteiger partial charge >= 0.3 is 0 Å². The summed E-state index contributed by atoms with van der Waals surface area (Å²) in [5, 5.41) is 7.80. The zero-order valence-corrected chi connectivity index (χ0v) is 34.7. The Kier molecular flexibility index (Phi) is 8.12. The molecule has 0 N–H and O–H groups in total. The van der Waals surface area contributed by atoms with E-state index in [2.05, 4.69) is 191 Å². The zero-order chi connectivity index (χ0) is 40.7. The maximum absolute atomic E-state index is 5.46. The van der Waals surface area contributed by atoms with Crippen LogP contribution in [0, 0.1) is 0 Å². The van der Waals surface area contributed by atoms with Gasteiger partial charge in [-0.2, -0.15) is 0 Å². The van der Waals surface area contributed by atoms with Gasteiger partial charge in [-0.25, -0.2) is 4.98 Å². The van der Waals surface area contributed by atoms with Crippen LogP contribution in [0.1, 0.15) is 66.0 Å². The Balaban J connectivity index is 0.956. The summed E-state index contributed by atoms with van der Waals surface area (Å²) in [5.41, 5.74) is 18.2. The fourth-order valence-corrected chi connectivity index (χ4v) is 11.2. The van der Waals surface area contributed by atoms with Gasteiger partial charge in [0.2, 0.25) is 0 Å². The van der Waals surface area contributed by atoms with Crippen LogP contribution in [0.2, 0.25) is 0 Å². The summed E-state index contributed by atoms with van der Waals surface area (Å²) in [4.78, 5) is 5.46. The van der Waals surface area contributed by atoms with E-state index in [0.717, 1.165) is 50.0 Å². The molecule has 296 valence electrons. The van der Waals surface area contributed by atoms with Gasteiger partial charge in [-0.15, -0.1) is 0 Å². The maximum Gasteiger partial charge on any atom is 0.138 e. The molecule has 3 heterocycles. The van der Waals surface area contributed by atoms with E-state index in [4.69, 9.17) is 4.98 Å². The van der Waals surface area contributed by atoms with Crippen LogP contribution in [0.5, 0.6) is 0 Å². The maximum atomic E-state index is 5.46. The number of pyridine rings is 1. The van der Waals surface area contributed by atoms with E-state index in [-0.39, 0.29) is 0 Å². The number of nitrogens with zero attached hydrogens (tertiary/aromatic N) is 3. The van der Waals surface area contributed by atoms with Crippen molar-refractivity contribution in [2.45, 2.75) is 50.9 Å². The van der Waals surface area contributed by atoms with Crippen LogP contribution in [0.25, 0.3) is 100 Å². The van der Waals surface area contributed by atoms with Crippen molar-refractivity contribution < 1.29 is 0 Å². The van der Waals surface area contributed by atoms with Crippen molar-refractivity contribution in [3.05, 3.63) is 198 Å². The minimum Gasteiger partial charge on any atom is -0.313 e. The number of hydrogen-bond acceptors (Lipinski definition) is 1. The molecule has 10 aromatic rings. The van der Waals surface area contributed by atoms with Crippen LogP contribution < -0.4 is 0 Å². The van der Waals surface area contributed by atoms with Crippen LogP contribution in [0.15, 0.2) is 170 Å². The topological polar surface area (TPSA) is 22.8 Å². The van der Waals surface area contributed by atoms with Gasteiger partial charge in [-0.05, 0) is 155 Å². The van der Waals surface area contributed by atoms with Crippen molar-refractivity contribution in [2.75, 3.05) is 0 Å². The number of rotatable bonds is 5. The van der Waals surface area contributed by atoms with Crippen LogP contribution in [-0.4, -0.2) is 14.1 Å². The van der Waals surface area contributed by atoms with E-state index >= 15 is 0 Å². The predicted octanol–water partition coefficient (Wildman–Crippen LogP) is 15.5. The van der Waals surface area contributed by atoms with Crippen LogP contribution in [-0.2, 0) is 12.8 Å². The molecule has 62 heavy (non-hydrogen) atoms. The number of hydrogen-bond donors (Lipinski definition) is 0. The molecule has 0 amide bonds. The average Bonchev–Trinajstić information content (AvgIpc) is 3.86. The molecule has 3 heteroatoms. The summed E-state index contributed by atoms with van der Waals surface area (Å²) < 4.78 is 4.94. The quantitative estimate of drug-likeness (QED) is 0.159. The van der Waals surface area contributed by atoms with E-state index < -0.39 is 0 Å². The highest BCUT2D eigenvalue weighted by atomic mass is 15.1. The average molecular weight is 796 g/mol. The molecule has 13 rings (SSSR count). The molecule has 0 radical (unpaired) electrons. The molecule has 0 saturated carbocycles. The lowest BCUT2D eigenvalue weighted by atomic mass is 9.80. The number of fused-ring (bicyclic) bond motifs is 12. The molecule has 0 saturated heterocycles. The molecule has 0 aliphatic heterocycles. The molecule has 1 unspecified atom stereocenters. The fourth-order valence-electron chi connectivity index (χ4n) is 11.2. The number of benzene rings is 7. The van der Waals surface area contributed by atoms with Crippen LogP contribution in [0.4, 0.5) is 0 Å². The van der Waals surface area contributed by atoms with E-state index in [1.807, 2.05) is 0 Å². The SMILES string of the molecule is C1=CC(c2cc(-c3ccccc3)cc(-n3c4ccccc4c4cc(-c5ccc6c(c5)c5ccccc5n6C5=Cc6c(c7c(c8ccccc68)C=CCC7)CC5)ccc43)n2)CCC1. The van der Waals surface area contributed by atoms with E-state index in [0.29, 0.717) is 5.92 Å². The first-order chi connectivity index (χ1) is 30.7. The lowest BCUT2D eigenvalue weighted by Gasteiger charge is -2.26. The molecule has 3 aromatic heterocycles. The highest BCUT2D eigenvalue weighted by molar-refractivity contribution is 6.14. The van der Waals surface area contributed by atoms with Crippen LogP contribution >= 0.6 is 0 Å². The molecule has 0 spiro atoms. The van der Waals surface area contributed by atoms with E-state index in [1.54, 1.807) is 11.1 Å². The third-order valence-corrected chi connectivity index (χ3v) is 14.1. The smallest absolute Gasteiger partial charge is 0.138 e. The molecule has 0 bridgehead atoms. The van der Waals surface area contributed by atoms with Gasteiger partial charge in [-0.1, -0.05) is 127 Å². The second kappa shape index (κ2) is 14.2. The highest BCUT2D eigenvalue weighted by Crippen LogP contribution is 2.44. The van der Waals surface area contributed by atoms with Gasteiger partial charge in [0.15, 0.2) is 0 Å². The van der Waals surface area contributed by atoms with Crippen molar-refractivity contribution in [3.8, 4) is 28.1 Å². The molecule has 3 nitrogen and oxygen atoms in total. The second-order valence-electron chi connectivity index (χ2n) is 17.5. The summed E-state index contributed by atoms with van der Waals surface area (Å²) in [5.74, 6) is 1.29. The van der Waals surface area contributed by atoms with E-state index in [9.17, 15) is 0 Å². The second-order valence-corrected chi connectivity index (χ2v) is 17.5. The minimum atomic E-state index is 0.319. The van der Waals surface area contributed by atoms with Gasteiger partial charge in [-0.3, -0.25) is 4.57 Å². The number of para-hydroxylation sites is 2. The van der Waals surface area contributed by atoms with Gasteiger partial charge in [0, 0.05) is 33.2 Å². The molecule has 3 aliphatic rings. The van der Waals surface area contributed by atoms with Crippen molar-refractivity contribution in [1.82, 2.24) is 14.1 Å². The Morgan fingerprint density at radius 3 is 1.81 bits per heavy atom. The first kappa shape index (κ1) is 35.5. The molecule has 0 fully saturated rings. The first-order valence-electron chi connectivity index (χ1n) is 22.5. The Morgan fingerprint density at radius 1 is 0.452 bits per heavy atom. The normalized spacial score (nSPS) is 16.1. The standard InChI is InChI=1S/C59H45N3/c1-3-15-38(16-4-1)42-35-54(39-17-5-2-6-18-39)60-59(36-42)62-56-26-14-12-24-50(56)53-34-41(28-32-58(53)62)40-27-31-57-52(33-40)49-23-11-13-25-55(49)61(57)43-29-30-48-46-21-8-7-19-44(46)45-20-9-10-22-47(45)51(48)37-43/h1,3-5,7,9-17,19-20,22-28,31-37,39H,2,6,8,18,21,29-30H2. The Labute approximate surface area is 361 Å². The zero-order valence-electron chi connectivity index (χ0n) is 34.7. The number of allylic oxidation sites excluding steroid dienone is 4.